The molecular weight excluding hydrogens is 192 g/mol. The van der Waals surface area contributed by atoms with Crippen LogP contribution in [0.3, 0.4) is 0 Å². The van der Waals surface area contributed by atoms with Crippen molar-refractivity contribution in [1.82, 2.24) is 0 Å². The second kappa shape index (κ2) is 5.32. The van der Waals surface area contributed by atoms with E-state index in [1.165, 1.54) is 44.6 Å². The molecule has 0 amide bonds. The zero-order valence-electron chi connectivity index (χ0n) is 9.44. The molecule has 0 saturated heterocycles. The van der Waals surface area contributed by atoms with Gasteiger partial charge in [-0.3, -0.25) is 0 Å². The third-order valence-electron chi connectivity index (χ3n) is 3.68. The van der Waals surface area contributed by atoms with E-state index in [9.17, 15) is 0 Å². The SMILES string of the molecule is CCC[Si](C)(O[SiH3])C1CCCCC1. The van der Waals surface area contributed by atoms with Crippen molar-refractivity contribution >= 4 is 18.8 Å². The zero-order valence-corrected chi connectivity index (χ0v) is 12.4. The third kappa shape index (κ3) is 2.93. The van der Waals surface area contributed by atoms with Gasteiger partial charge in [-0.05, 0) is 18.1 Å². The average Bonchev–Trinajstić information content (AvgIpc) is 2.19. The van der Waals surface area contributed by atoms with Crippen molar-refractivity contribution < 1.29 is 4.12 Å². The largest absolute Gasteiger partial charge is 0.463 e. The summed E-state index contributed by atoms with van der Waals surface area (Å²) < 4.78 is 6.00. The molecule has 1 aliphatic rings. The van der Waals surface area contributed by atoms with Crippen LogP contribution >= 0.6 is 0 Å². The summed E-state index contributed by atoms with van der Waals surface area (Å²) >= 11 is 0. The van der Waals surface area contributed by atoms with E-state index >= 15 is 0 Å². The van der Waals surface area contributed by atoms with Crippen LogP contribution in [0.4, 0.5) is 0 Å². The molecule has 1 fully saturated rings. The highest BCUT2D eigenvalue weighted by atomic mass is 28.4. The van der Waals surface area contributed by atoms with Gasteiger partial charge in [-0.2, -0.15) is 0 Å². The molecular formula is C10H24OSi2. The smallest absolute Gasteiger partial charge is 0.178 e. The van der Waals surface area contributed by atoms with Crippen LogP contribution in [-0.2, 0) is 4.12 Å². The van der Waals surface area contributed by atoms with Gasteiger partial charge in [0.15, 0.2) is 8.32 Å². The molecule has 13 heavy (non-hydrogen) atoms. The lowest BCUT2D eigenvalue weighted by atomic mass is 10.0. The standard InChI is InChI=1S/C10H24OSi2/c1-3-9-13(2,11-12)10-7-5-4-6-8-10/h10H,3-9H2,1-2,12H3. The lowest BCUT2D eigenvalue weighted by Crippen LogP contribution is -2.40. The van der Waals surface area contributed by atoms with Crippen LogP contribution in [0.25, 0.3) is 0 Å². The topological polar surface area (TPSA) is 9.23 Å². The van der Waals surface area contributed by atoms with Crippen molar-refractivity contribution in [1.29, 1.82) is 0 Å². The second-order valence-electron chi connectivity index (χ2n) is 4.60. The van der Waals surface area contributed by atoms with Gasteiger partial charge in [0.2, 0.25) is 0 Å². The molecule has 0 spiro atoms. The summed E-state index contributed by atoms with van der Waals surface area (Å²) in [5.74, 6) is 0. The first-order valence-electron chi connectivity index (χ1n) is 5.78. The van der Waals surface area contributed by atoms with Gasteiger partial charge in [0, 0.05) is 0 Å². The fraction of sp³-hybridized carbons (Fsp3) is 1.00. The summed E-state index contributed by atoms with van der Waals surface area (Å²) in [6.45, 7) is 4.77. The van der Waals surface area contributed by atoms with Gasteiger partial charge in [-0.15, -0.1) is 0 Å². The maximum absolute atomic E-state index is 6.00. The lowest BCUT2D eigenvalue weighted by Gasteiger charge is -2.37. The van der Waals surface area contributed by atoms with Crippen LogP contribution in [-0.4, -0.2) is 18.8 Å². The van der Waals surface area contributed by atoms with E-state index in [0.717, 1.165) is 16.0 Å². The van der Waals surface area contributed by atoms with Crippen LogP contribution in [0.5, 0.6) is 0 Å². The Morgan fingerprint density at radius 1 is 1.31 bits per heavy atom. The maximum atomic E-state index is 6.00. The fourth-order valence-electron chi connectivity index (χ4n) is 2.68. The number of rotatable bonds is 4. The van der Waals surface area contributed by atoms with Gasteiger partial charge in [0.1, 0.15) is 10.5 Å². The van der Waals surface area contributed by atoms with Gasteiger partial charge in [-0.1, -0.05) is 45.4 Å². The zero-order chi connectivity index (χ0) is 9.73. The van der Waals surface area contributed by atoms with Crippen LogP contribution in [0.2, 0.25) is 18.1 Å². The van der Waals surface area contributed by atoms with E-state index < -0.39 is 8.32 Å². The molecule has 0 heterocycles. The molecule has 0 radical (unpaired) electrons. The summed E-state index contributed by atoms with van der Waals surface area (Å²) in [5.41, 5.74) is 0.985. The Morgan fingerprint density at radius 3 is 2.38 bits per heavy atom. The van der Waals surface area contributed by atoms with E-state index in [1.807, 2.05) is 0 Å². The number of hydrogen-bond acceptors (Lipinski definition) is 1. The summed E-state index contributed by atoms with van der Waals surface area (Å²) in [4.78, 5) is 0. The molecule has 0 aromatic rings. The van der Waals surface area contributed by atoms with Gasteiger partial charge in [-0.25, -0.2) is 0 Å². The molecule has 0 aliphatic heterocycles. The van der Waals surface area contributed by atoms with E-state index in [1.54, 1.807) is 0 Å². The molecule has 0 bridgehead atoms. The molecule has 1 atom stereocenters. The van der Waals surface area contributed by atoms with Crippen LogP contribution in [0.1, 0.15) is 45.4 Å². The molecule has 3 heteroatoms. The predicted molar refractivity (Wildman–Crippen MR) is 64.6 cm³/mol. The van der Waals surface area contributed by atoms with E-state index in [4.69, 9.17) is 4.12 Å². The molecule has 1 rings (SSSR count). The Morgan fingerprint density at radius 2 is 1.92 bits per heavy atom. The van der Waals surface area contributed by atoms with Gasteiger partial charge in [0.05, 0.1) is 0 Å². The minimum absolute atomic E-state index is 0.956. The van der Waals surface area contributed by atoms with Crippen molar-refractivity contribution in [3.8, 4) is 0 Å². The Kier molecular flexibility index (Phi) is 4.69. The minimum atomic E-state index is -1.26. The summed E-state index contributed by atoms with van der Waals surface area (Å²) in [7, 11) is -0.304. The third-order valence-corrected chi connectivity index (χ3v) is 11.2. The molecule has 1 unspecified atom stereocenters. The average molecular weight is 216 g/mol. The van der Waals surface area contributed by atoms with E-state index in [-0.39, 0.29) is 0 Å². The molecule has 1 saturated carbocycles. The van der Waals surface area contributed by atoms with Gasteiger partial charge < -0.3 is 4.12 Å². The quantitative estimate of drug-likeness (QED) is 0.657. The van der Waals surface area contributed by atoms with Crippen LogP contribution < -0.4 is 0 Å². The Balaban J connectivity index is 2.51. The molecule has 1 nitrogen and oxygen atoms in total. The predicted octanol–water partition coefficient (Wildman–Crippen LogP) is 2.60. The monoisotopic (exact) mass is 216 g/mol. The maximum Gasteiger partial charge on any atom is 0.178 e. The molecule has 0 aromatic carbocycles. The van der Waals surface area contributed by atoms with Gasteiger partial charge >= 0.3 is 0 Å². The summed E-state index contributed by atoms with van der Waals surface area (Å²) in [6.07, 6.45) is 8.63. The highest BCUT2D eigenvalue weighted by Gasteiger charge is 2.36. The van der Waals surface area contributed by atoms with Gasteiger partial charge in [0.25, 0.3) is 0 Å². The van der Waals surface area contributed by atoms with Crippen molar-refractivity contribution in [2.75, 3.05) is 0 Å². The summed E-state index contributed by atoms with van der Waals surface area (Å²) in [5, 5.41) is 0. The first-order valence-corrected chi connectivity index (χ1v) is 9.29. The lowest BCUT2D eigenvalue weighted by molar-refractivity contribution is 0.446. The Labute approximate surface area is 86.9 Å². The second-order valence-corrected chi connectivity index (χ2v) is 10.2. The van der Waals surface area contributed by atoms with Crippen LogP contribution in [0, 0.1) is 0 Å². The highest BCUT2D eigenvalue weighted by molar-refractivity contribution is 6.76. The minimum Gasteiger partial charge on any atom is -0.463 e. The fourth-order valence-corrected chi connectivity index (χ4v) is 7.86. The summed E-state index contributed by atoms with van der Waals surface area (Å²) in [6, 6.07) is 1.39. The normalized spacial score (nSPS) is 24.5. The first-order chi connectivity index (χ1) is 6.23. The highest BCUT2D eigenvalue weighted by Crippen LogP contribution is 2.39. The number of hydrogen-bond donors (Lipinski definition) is 0. The molecule has 78 valence electrons. The van der Waals surface area contributed by atoms with Crippen molar-refractivity contribution in [3.05, 3.63) is 0 Å². The van der Waals surface area contributed by atoms with Crippen molar-refractivity contribution in [2.45, 2.75) is 63.6 Å². The molecule has 1 aliphatic carbocycles. The first kappa shape index (κ1) is 11.5. The molecule has 0 N–H and O–H groups in total. The van der Waals surface area contributed by atoms with Crippen molar-refractivity contribution in [2.24, 2.45) is 0 Å². The Hall–Kier alpha value is 0.394. The van der Waals surface area contributed by atoms with E-state index in [0.29, 0.717) is 0 Å². The van der Waals surface area contributed by atoms with E-state index in [2.05, 4.69) is 13.5 Å². The van der Waals surface area contributed by atoms with Crippen LogP contribution in [0.15, 0.2) is 0 Å². The Bertz CT molecular complexity index is 146. The molecule has 0 aromatic heterocycles. The van der Waals surface area contributed by atoms with Crippen molar-refractivity contribution in [3.63, 3.8) is 0 Å².